The van der Waals surface area contributed by atoms with Gasteiger partial charge in [0.1, 0.15) is 0 Å². The Morgan fingerprint density at radius 1 is 1.40 bits per heavy atom. The molecule has 1 fully saturated rings. The van der Waals surface area contributed by atoms with Gasteiger partial charge in [-0.2, -0.15) is 0 Å². The molecule has 1 aliphatic carbocycles. The smallest absolute Gasteiger partial charge is 0.0724 e. The van der Waals surface area contributed by atoms with Crippen LogP contribution in [0.5, 0.6) is 0 Å². The van der Waals surface area contributed by atoms with Crippen LogP contribution in [0.15, 0.2) is 0 Å². The Balaban J connectivity index is 2.15. The van der Waals surface area contributed by atoms with Gasteiger partial charge in [-0.05, 0) is 25.8 Å². The maximum atomic E-state index is 10.9. The largest absolute Gasteiger partial charge is 0.380 e. The van der Waals surface area contributed by atoms with E-state index in [1.807, 2.05) is 0 Å². The Morgan fingerprint density at radius 2 is 2.13 bits per heavy atom. The number of hydrogen-bond acceptors (Lipinski definition) is 3. The quantitative estimate of drug-likeness (QED) is 0.703. The molecule has 15 heavy (non-hydrogen) atoms. The SMILES string of the molecule is COC1CCCCC1NCCCS(C)=O. The van der Waals surface area contributed by atoms with E-state index >= 15 is 0 Å². The van der Waals surface area contributed by atoms with E-state index < -0.39 is 10.8 Å². The molecule has 3 atom stereocenters. The minimum Gasteiger partial charge on any atom is -0.380 e. The van der Waals surface area contributed by atoms with Gasteiger partial charge in [0, 0.05) is 36.0 Å². The summed E-state index contributed by atoms with van der Waals surface area (Å²) in [5.74, 6) is 0.803. The lowest BCUT2D eigenvalue weighted by atomic mass is 9.92. The lowest BCUT2D eigenvalue weighted by Crippen LogP contribution is -2.43. The van der Waals surface area contributed by atoms with Crippen molar-refractivity contribution < 1.29 is 8.95 Å². The van der Waals surface area contributed by atoms with E-state index in [1.165, 1.54) is 25.7 Å². The second-order valence-corrected chi connectivity index (χ2v) is 5.80. The molecule has 0 bridgehead atoms. The van der Waals surface area contributed by atoms with E-state index in [1.54, 1.807) is 13.4 Å². The molecule has 90 valence electrons. The predicted octanol–water partition coefficient (Wildman–Crippen LogP) is 1.30. The summed E-state index contributed by atoms with van der Waals surface area (Å²) in [6.45, 7) is 0.962. The number of ether oxygens (including phenoxy) is 1. The molecule has 0 aliphatic heterocycles. The number of rotatable bonds is 6. The molecule has 4 heteroatoms. The van der Waals surface area contributed by atoms with Gasteiger partial charge in [-0.1, -0.05) is 12.8 Å². The summed E-state index contributed by atoms with van der Waals surface area (Å²) in [6, 6.07) is 0.508. The van der Waals surface area contributed by atoms with Crippen LogP contribution in [0, 0.1) is 0 Å². The fourth-order valence-corrected chi connectivity index (χ4v) is 2.73. The van der Waals surface area contributed by atoms with Crippen LogP contribution in [0.4, 0.5) is 0 Å². The van der Waals surface area contributed by atoms with Crippen LogP contribution in [-0.2, 0) is 15.5 Å². The van der Waals surface area contributed by atoms with Crippen molar-refractivity contribution in [1.29, 1.82) is 0 Å². The topological polar surface area (TPSA) is 38.3 Å². The van der Waals surface area contributed by atoms with E-state index in [0.29, 0.717) is 12.1 Å². The molecule has 1 aliphatic rings. The van der Waals surface area contributed by atoms with E-state index in [0.717, 1.165) is 18.7 Å². The van der Waals surface area contributed by atoms with Crippen LogP contribution < -0.4 is 5.32 Å². The molecule has 3 nitrogen and oxygen atoms in total. The second kappa shape index (κ2) is 7.36. The van der Waals surface area contributed by atoms with Gasteiger partial charge in [0.15, 0.2) is 0 Å². The van der Waals surface area contributed by atoms with Crippen molar-refractivity contribution >= 4 is 10.8 Å². The first-order chi connectivity index (χ1) is 7.24. The summed E-state index contributed by atoms with van der Waals surface area (Å²) in [5, 5.41) is 3.52. The Kier molecular flexibility index (Phi) is 6.45. The first-order valence-corrected chi connectivity index (χ1v) is 7.53. The monoisotopic (exact) mass is 233 g/mol. The number of nitrogens with one attached hydrogen (secondary N) is 1. The zero-order valence-electron chi connectivity index (χ0n) is 9.83. The maximum Gasteiger partial charge on any atom is 0.0724 e. The van der Waals surface area contributed by atoms with Crippen molar-refractivity contribution in [1.82, 2.24) is 5.32 Å². The third-order valence-electron chi connectivity index (χ3n) is 3.02. The molecule has 3 unspecified atom stereocenters. The average molecular weight is 233 g/mol. The lowest BCUT2D eigenvalue weighted by Gasteiger charge is -2.31. The highest BCUT2D eigenvalue weighted by Crippen LogP contribution is 2.20. The molecule has 1 rings (SSSR count). The van der Waals surface area contributed by atoms with Crippen LogP contribution in [0.25, 0.3) is 0 Å². The molecule has 1 N–H and O–H groups in total. The van der Waals surface area contributed by atoms with E-state index in [2.05, 4.69) is 5.32 Å². The molecule has 0 amide bonds. The zero-order valence-corrected chi connectivity index (χ0v) is 10.6. The van der Waals surface area contributed by atoms with Gasteiger partial charge in [-0.15, -0.1) is 0 Å². The van der Waals surface area contributed by atoms with Crippen LogP contribution in [0.2, 0.25) is 0 Å². The van der Waals surface area contributed by atoms with E-state index in [4.69, 9.17) is 4.74 Å². The standard InChI is InChI=1S/C11H23NO2S/c1-14-11-7-4-3-6-10(11)12-8-5-9-15(2)13/h10-12H,3-9H2,1-2H3. The number of methoxy groups -OCH3 is 1. The molecule has 0 heterocycles. The van der Waals surface area contributed by atoms with Gasteiger partial charge >= 0.3 is 0 Å². The summed E-state index contributed by atoms with van der Waals surface area (Å²) >= 11 is 0. The normalized spacial score (nSPS) is 28.9. The second-order valence-electron chi connectivity index (χ2n) is 4.25. The maximum absolute atomic E-state index is 10.9. The highest BCUT2D eigenvalue weighted by Gasteiger charge is 2.23. The highest BCUT2D eigenvalue weighted by atomic mass is 32.2. The zero-order chi connectivity index (χ0) is 11.1. The van der Waals surface area contributed by atoms with Gasteiger partial charge in [-0.25, -0.2) is 0 Å². The van der Waals surface area contributed by atoms with E-state index in [9.17, 15) is 4.21 Å². The fraction of sp³-hybridized carbons (Fsp3) is 1.00. The van der Waals surface area contributed by atoms with Crippen molar-refractivity contribution in [3.63, 3.8) is 0 Å². The molecule has 0 radical (unpaired) electrons. The van der Waals surface area contributed by atoms with Gasteiger partial charge in [-0.3, -0.25) is 4.21 Å². The van der Waals surface area contributed by atoms with Gasteiger partial charge < -0.3 is 10.1 Å². The van der Waals surface area contributed by atoms with Crippen molar-refractivity contribution in [2.75, 3.05) is 25.7 Å². The molecule has 0 saturated heterocycles. The van der Waals surface area contributed by atoms with Gasteiger partial charge in [0.2, 0.25) is 0 Å². The summed E-state index contributed by atoms with van der Waals surface area (Å²) < 4.78 is 16.3. The summed E-state index contributed by atoms with van der Waals surface area (Å²) in [4.78, 5) is 0. The van der Waals surface area contributed by atoms with Gasteiger partial charge in [0.05, 0.1) is 6.10 Å². The molecule has 0 aromatic carbocycles. The molecule has 0 spiro atoms. The van der Waals surface area contributed by atoms with E-state index in [-0.39, 0.29) is 0 Å². The molecule has 1 saturated carbocycles. The molecular formula is C11H23NO2S. The van der Waals surface area contributed by atoms with Crippen molar-refractivity contribution in [3.05, 3.63) is 0 Å². The summed E-state index contributed by atoms with van der Waals surface area (Å²) in [5.41, 5.74) is 0. The van der Waals surface area contributed by atoms with Gasteiger partial charge in [0.25, 0.3) is 0 Å². The van der Waals surface area contributed by atoms with Crippen LogP contribution in [-0.4, -0.2) is 42.0 Å². The molecule has 0 aromatic heterocycles. The lowest BCUT2D eigenvalue weighted by molar-refractivity contribution is 0.0420. The first-order valence-electron chi connectivity index (χ1n) is 5.80. The summed E-state index contributed by atoms with van der Waals surface area (Å²) in [7, 11) is 1.14. The highest BCUT2D eigenvalue weighted by molar-refractivity contribution is 7.84. The minimum absolute atomic E-state index is 0.380. The third kappa shape index (κ3) is 5.09. The van der Waals surface area contributed by atoms with Crippen molar-refractivity contribution in [2.24, 2.45) is 0 Å². The Morgan fingerprint density at radius 3 is 2.80 bits per heavy atom. The summed E-state index contributed by atoms with van der Waals surface area (Å²) in [6.07, 6.45) is 8.12. The van der Waals surface area contributed by atoms with Crippen molar-refractivity contribution in [2.45, 2.75) is 44.2 Å². The average Bonchev–Trinajstić information content (AvgIpc) is 2.24. The Hall–Kier alpha value is 0.0700. The Labute approximate surface area is 95.4 Å². The van der Waals surface area contributed by atoms with Crippen LogP contribution in [0.1, 0.15) is 32.1 Å². The molecular weight excluding hydrogens is 210 g/mol. The fourth-order valence-electron chi connectivity index (χ4n) is 2.18. The Bertz CT molecular complexity index is 199. The third-order valence-corrected chi connectivity index (χ3v) is 3.88. The van der Waals surface area contributed by atoms with Crippen molar-refractivity contribution in [3.8, 4) is 0 Å². The first kappa shape index (κ1) is 13.1. The minimum atomic E-state index is -0.654. The predicted molar refractivity (Wildman–Crippen MR) is 64.6 cm³/mol. The number of hydrogen-bond donors (Lipinski definition) is 1. The van der Waals surface area contributed by atoms with Crippen LogP contribution >= 0.6 is 0 Å². The van der Waals surface area contributed by atoms with Crippen LogP contribution in [0.3, 0.4) is 0 Å². The molecule has 0 aromatic rings.